The molecule has 2 saturated heterocycles. The van der Waals surface area contributed by atoms with E-state index in [9.17, 15) is 4.79 Å². The Morgan fingerprint density at radius 1 is 1.52 bits per heavy atom. The number of amides is 1. The minimum Gasteiger partial charge on any atom is -0.379 e. The first kappa shape index (κ1) is 18.4. The molecule has 0 radical (unpaired) electrons. The van der Waals surface area contributed by atoms with Crippen LogP contribution in [-0.4, -0.2) is 80.5 Å². The van der Waals surface area contributed by atoms with E-state index in [4.69, 9.17) is 14.0 Å². The molecule has 1 aromatic heterocycles. The molecule has 0 aliphatic carbocycles. The van der Waals surface area contributed by atoms with Gasteiger partial charge in [-0.1, -0.05) is 5.16 Å². The van der Waals surface area contributed by atoms with Crippen molar-refractivity contribution >= 4 is 5.91 Å². The number of nitrogens with zero attached hydrogens (tertiary/aromatic N) is 3. The summed E-state index contributed by atoms with van der Waals surface area (Å²) in [6.45, 7) is 6.18. The van der Waals surface area contributed by atoms with E-state index < -0.39 is 0 Å². The monoisotopic (exact) mass is 351 g/mol. The molecule has 7 nitrogen and oxygen atoms in total. The zero-order valence-electron chi connectivity index (χ0n) is 15.5. The Morgan fingerprint density at radius 3 is 3.08 bits per heavy atom. The second-order valence-corrected chi connectivity index (χ2v) is 7.49. The van der Waals surface area contributed by atoms with E-state index in [0.29, 0.717) is 37.6 Å². The zero-order valence-corrected chi connectivity index (χ0v) is 15.5. The zero-order chi connectivity index (χ0) is 17.9. The van der Waals surface area contributed by atoms with Crippen molar-refractivity contribution in [2.24, 2.45) is 5.41 Å². The molecule has 2 aliphatic rings. The van der Waals surface area contributed by atoms with E-state index in [2.05, 4.69) is 10.1 Å². The first-order chi connectivity index (χ1) is 12.0. The Kier molecular flexibility index (Phi) is 5.76. The van der Waals surface area contributed by atoms with Gasteiger partial charge in [0.05, 0.1) is 25.5 Å². The lowest BCUT2D eigenvalue weighted by molar-refractivity contribution is -0.147. The van der Waals surface area contributed by atoms with Gasteiger partial charge in [-0.15, -0.1) is 0 Å². The van der Waals surface area contributed by atoms with Gasteiger partial charge < -0.3 is 23.8 Å². The average molecular weight is 351 g/mol. The van der Waals surface area contributed by atoms with Crippen molar-refractivity contribution in [2.75, 3.05) is 53.6 Å². The van der Waals surface area contributed by atoms with Crippen LogP contribution in [0.4, 0.5) is 0 Å². The number of likely N-dealkylation sites (tertiary alicyclic amines) is 1. The smallest absolute Gasteiger partial charge is 0.259 e. The van der Waals surface area contributed by atoms with Crippen molar-refractivity contribution in [2.45, 2.75) is 32.3 Å². The van der Waals surface area contributed by atoms with E-state index in [1.807, 2.05) is 19.0 Å². The lowest BCUT2D eigenvalue weighted by atomic mass is 9.73. The number of carbonyl (C=O) groups is 1. The maximum Gasteiger partial charge on any atom is 0.259 e. The minimum absolute atomic E-state index is 0.00422. The molecule has 25 heavy (non-hydrogen) atoms. The number of likely N-dealkylation sites (N-methyl/N-ethyl adjacent to an activating group) is 1. The third kappa shape index (κ3) is 4.04. The Labute approximate surface area is 149 Å². The van der Waals surface area contributed by atoms with E-state index in [-0.39, 0.29) is 17.4 Å². The molecule has 140 valence electrons. The van der Waals surface area contributed by atoms with Crippen LogP contribution in [0.5, 0.6) is 0 Å². The molecule has 1 amide bonds. The Balaban J connectivity index is 1.68. The number of fused-ring (bicyclic) bond motifs is 1. The number of hydrogen-bond donors (Lipinski definition) is 0. The Hall–Kier alpha value is -1.44. The van der Waals surface area contributed by atoms with Crippen LogP contribution in [0.3, 0.4) is 0 Å². The molecule has 0 aromatic carbocycles. The van der Waals surface area contributed by atoms with Crippen molar-refractivity contribution in [3.63, 3.8) is 0 Å². The van der Waals surface area contributed by atoms with Gasteiger partial charge in [-0.05, 0) is 40.3 Å². The molecule has 2 aliphatic heterocycles. The lowest BCUT2D eigenvalue weighted by Gasteiger charge is -2.50. The first-order valence-corrected chi connectivity index (χ1v) is 9.06. The van der Waals surface area contributed by atoms with Crippen LogP contribution >= 0.6 is 0 Å². The number of rotatable bonds is 6. The molecule has 0 spiro atoms. The molecule has 2 atom stereocenters. The highest BCUT2D eigenvalue weighted by Crippen LogP contribution is 2.40. The quantitative estimate of drug-likeness (QED) is 0.725. The van der Waals surface area contributed by atoms with E-state index >= 15 is 0 Å². The molecule has 0 bridgehead atoms. The van der Waals surface area contributed by atoms with Gasteiger partial charge >= 0.3 is 0 Å². The fraction of sp³-hybridized carbons (Fsp3) is 0.778. The Morgan fingerprint density at radius 2 is 2.36 bits per heavy atom. The van der Waals surface area contributed by atoms with Gasteiger partial charge in [-0.25, -0.2) is 0 Å². The minimum atomic E-state index is -0.108. The van der Waals surface area contributed by atoms with Gasteiger partial charge in [0.2, 0.25) is 0 Å². The second kappa shape index (κ2) is 7.85. The summed E-state index contributed by atoms with van der Waals surface area (Å²) in [5.41, 5.74) is 0.447. The topological polar surface area (TPSA) is 68.0 Å². The van der Waals surface area contributed by atoms with Gasteiger partial charge in [0.25, 0.3) is 5.91 Å². The summed E-state index contributed by atoms with van der Waals surface area (Å²) in [4.78, 5) is 16.9. The number of hydrogen-bond acceptors (Lipinski definition) is 6. The molecule has 2 fully saturated rings. The maximum atomic E-state index is 12.9. The summed E-state index contributed by atoms with van der Waals surface area (Å²) < 4.78 is 17.1. The number of ether oxygens (including phenoxy) is 2. The van der Waals surface area contributed by atoms with Gasteiger partial charge in [-0.2, -0.15) is 0 Å². The predicted octanol–water partition coefficient (Wildman–Crippen LogP) is 1.57. The molecule has 3 rings (SSSR count). The van der Waals surface area contributed by atoms with Crippen LogP contribution in [-0.2, 0) is 9.47 Å². The predicted molar refractivity (Wildman–Crippen MR) is 92.5 cm³/mol. The highest BCUT2D eigenvalue weighted by atomic mass is 16.5. The van der Waals surface area contributed by atoms with Crippen molar-refractivity contribution in [1.29, 1.82) is 0 Å². The number of carbonyl (C=O) groups excluding carboxylic acids is 1. The van der Waals surface area contributed by atoms with Crippen molar-refractivity contribution in [3.8, 4) is 0 Å². The highest BCUT2D eigenvalue weighted by Gasteiger charge is 2.47. The third-order valence-corrected chi connectivity index (χ3v) is 5.33. The SMILES string of the molecule is Cc1oncc1C(=O)N1CC[C@@H]2OCCC[C@@]2(COCCN(C)C)C1. The van der Waals surface area contributed by atoms with Crippen LogP contribution in [0.15, 0.2) is 10.7 Å². The van der Waals surface area contributed by atoms with E-state index in [0.717, 1.165) is 32.4 Å². The summed E-state index contributed by atoms with van der Waals surface area (Å²) in [7, 11) is 4.08. The summed E-state index contributed by atoms with van der Waals surface area (Å²) in [6.07, 6.45) is 4.59. The van der Waals surface area contributed by atoms with Gasteiger partial charge in [0, 0.05) is 31.7 Å². The molecule has 7 heteroatoms. The molecule has 0 unspecified atom stereocenters. The van der Waals surface area contributed by atoms with E-state index in [1.54, 1.807) is 6.92 Å². The molecular formula is C18H29N3O4. The van der Waals surface area contributed by atoms with E-state index in [1.165, 1.54) is 6.20 Å². The lowest BCUT2D eigenvalue weighted by Crippen LogP contribution is -2.58. The molecule has 3 heterocycles. The van der Waals surface area contributed by atoms with Crippen molar-refractivity contribution in [3.05, 3.63) is 17.5 Å². The normalized spacial score (nSPS) is 26.7. The maximum absolute atomic E-state index is 12.9. The molecule has 0 saturated carbocycles. The summed E-state index contributed by atoms with van der Waals surface area (Å²) in [5, 5.41) is 3.74. The number of aryl methyl sites for hydroxylation is 1. The molecule has 0 N–H and O–H groups in total. The molecule has 1 aromatic rings. The van der Waals surface area contributed by atoms with Gasteiger partial charge in [-0.3, -0.25) is 4.79 Å². The standard InChI is InChI=1S/C18H29N3O4/c1-14-15(11-19-25-14)17(22)21-7-5-16-18(12-21,6-4-9-24-16)13-23-10-8-20(2)3/h11,16H,4-10,12-13H2,1-3H3/t16-,18-/m0/s1. The van der Waals surface area contributed by atoms with Crippen LogP contribution in [0.2, 0.25) is 0 Å². The number of aromatic nitrogens is 1. The van der Waals surface area contributed by atoms with Gasteiger partial charge in [0.1, 0.15) is 11.3 Å². The summed E-state index contributed by atoms with van der Waals surface area (Å²) >= 11 is 0. The van der Waals surface area contributed by atoms with Gasteiger partial charge in [0.15, 0.2) is 0 Å². The first-order valence-electron chi connectivity index (χ1n) is 9.06. The molecular weight excluding hydrogens is 322 g/mol. The highest BCUT2D eigenvalue weighted by molar-refractivity contribution is 5.94. The average Bonchev–Trinajstić information content (AvgIpc) is 3.03. The van der Waals surface area contributed by atoms with Crippen LogP contribution in [0.25, 0.3) is 0 Å². The second-order valence-electron chi connectivity index (χ2n) is 7.49. The van der Waals surface area contributed by atoms with Crippen LogP contribution < -0.4 is 0 Å². The van der Waals surface area contributed by atoms with Crippen molar-refractivity contribution in [1.82, 2.24) is 15.0 Å². The van der Waals surface area contributed by atoms with Crippen LogP contribution in [0.1, 0.15) is 35.4 Å². The fourth-order valence-corrected chi connectivity index (χ4v) is 3.87. The summed E-state index contributed by atoms with van der Waals surface area (Å²) in [6, 6.07) is 0. The largest absolute Gasteiger partial charge is 0.379 e. The fourth-order valence-electron chi connectivity index (χ4n) is 3.87. The summed E-state index contributed by atoms with van der Waals surface area (Å²) in [5.74, 6) is 0.568. The Bertz CT molecular complexity index is 589. The van der Waals surface area contributed by atoms with Crippen molar-refractivity contribution < 1.29 is 18.8 Å². The number of piperidine rings is 1. The third-order valence-electron chi connectivity index (χ3n) is 5.33. The van der Waals surface area contributed by atoms with Crippen LogP contribution in [0, 0.1) is 12.3 Å².